The molecule has 0 radical (unpaired) electrons. The first-order valence-electron chi connectivity index (χ1n) is 9.69. The van der Waals surface area contributed by atoms with E-state index in [9.17, 15) is 14.4 Å². The Kier molecular flexibility index (Phi) is 5.34. The summed E-state index contributed by atoms with van der Waals surface area (Å²) in [6, 6.07) is 7.09. The van der Waals surface area contributed by atoms with Gasteiger partial charge in [0, 0.05) is 6.04 Å². The normalized spacial score (nSPS) is 21.7. The first-order valence-corrected chi connectivity index (χ1v) is 9.69. The molecular formula is C19H25N4O5+. The number of piperazine rings is 1. The molecule has 2 aliphatic heterocycles. The number of para-hydroxylation sites is 2. The molecule has 0 aromatic heterocycles. The van der Waals surface area contributed by atoms with Crippen LogP contribution in [0.5, 0.6) is 11.5 Å². The fourth-order valence-electron chi connectivity index (χ4n) is 3.41. The number of rotatable bonds is 4. The zero-order chi connectivity index (χ0) is 19.5. The van der Waals surface area contributed by atoms with Crippen molar-refractivity contribution in [3.8, 4) is 11.5 Å². The summed E-state index contributed by atoms with van der Waals surface area (Å²) in [5.74, 6) is 0.838. The zero-order valence-electron chi connectivity index (χ0n) is 15.6. The first-order chi connectivity index (χ1) is 13.6. The summed E-state index contributed by atoms with van der Waals surface area (Å²) in [5, 5.41) is 5.10. The second-order valence-electron chi connectivity index (χ2n) is 7.41. The molecule has 1 atom stereocenters. The van der Waals surface area contributed by atoms with Crippen molar-refractivity contribution >= 4 is 17.8 Å². The van der Waals surface area contributed by atoms with Crippen molar-refractivity contribution in [2.45, 2.75) is 25.0 Å². The van der Waals surface area contributed by atoms with Gasteiger partial charge in [0.2, 0.25) is 6.10 Å². The summed E-state index contributed by atoms with van der Waals surface area (Å²) < 4.78 is 11.4. The Balaban J connectivity index is 1.21. The van der Waals surface area contributed by atoms with E-state index in [1.807, 2.05) is 18.2 Å². The Labute approximate surface area is 162 Å². The number of carbonyl (C=O) groups excluding carboxylic acids is 3. The van der Waals surface area contributed by atoms with E-state index in [1.54, 1.807) is 11.0 Å². The van der Waals surface area contributed by atoms with Gasteiger partial charge in [0.1, 0.15) is 6.61 Å². The van der Waals surface area contributed by atoms with E-state index in [2.05, 4.69) is 10.6 Å². The van der Waals surface area contributed by atoms with E-state index in [-0.39, 0.29) is 31.0 Å². The van der Waals surface area contributed by atoms with Crippen molar-refractivity contribution in [2.24, 2.45) is 0 Å². The Morgan fingerprint density at radius 3 is 2.54 bits per heavy atom. The number of hydrogen-bond acceptors (Lipinski definition) is 5. The topological polar surface area (TPSA) is 101 Å². The molecule has 1 aromatic carbocycles. The van der Waals surface area contributed by atoms with Gasteiger partial charge in [-0.3, -0.25) is 14.9 Å². The minimum atomic E-state index is -0.647. The summed E-state index contributed by atoms with van der Waals surface area (Å²) in [7, 11) is 0. The number of nitrogens with one attached hydrogen (secondary N) is 3. The number of urea groups is 1. The summed E-state index contributed by atoms with van der Waals surface area (Å²) in [6.07, 6.45) is 1.31. The fourth-order valence-corrected chi connectivity index (χ4v) is 3.41. The van der Waals surface area contributed by atoms with Gasteiger partial charge in [-0.2, -0.15) is 0 Å². The van der Waals surface area contributed by atoms with Gasteiger partial charge in [-0.15, -0.1) is 0 Å². The predicted octanol–water partition coefficient (Wildman–Crippen LogP) is -1.46. The molecule has 1 aliphatic carbocycles. The third kappa shape index (κ3) is 4.53. The largest absolute Gasteiger partial charge is 0.485 e. The third-order valence-electron chi connectivity index (χ3n) is 5.14. The second-order valence-corrected chi connectivity index (χ2v) is 7.41. The van der Waals surface area contributed by atoms with Crippen LogP contribution in [0.1, 0.15) is 12.8 Å². The molecule has 9 heteroatoms. The van der Waals surface area contributed by atoms with Gasteiger partial charge in [0.15, 0.2) is 18.0 Å². The lowest BCUT2D eigenvalue weighted by Gasteiger charge is -2.35. The van der Waals surface area contributed by atoms with Crippen LogP contribution in [0, 0.1) is 0 Å². The number of benzene rings is 1. The van der Waals surface area contributed by atoms with Gasteiger partial charge in [0.25, 0.3) is 11.8 Å². The molecule has 2 fully saturated rings. The van der Waals surface area contributed by atoms with Crippen molar-refractivity contribution in [3.63, 3.8) is 0 Å². The fraction of sp³-hybridized carbons (Fsp3) is 0.526. The van der Waals surface area contributed by atoms with E-state index in [4.69, 9.17) is 9.47 Å². The SMILES string of the molecule is O=C(C[NH+]1CCN(C(=O)[C@H]2COc3ccccc3O2)CC1)NC(=O)NC1CC1. The van der Waals surface area contributed by atoms with Gasteiger partial charge in [-0.05, 0) is 25.0 Å². The van der Waals surface area contributed by atoms with Crippen LogP contribution in [0.4, 0.5) is 4.79 Å². The minimum absolute atomic E-state index is 0.0955. The molecule has 1 aromatic rings. The number of ether oxygens (including phenoxy) is 2. The van der Waals surface area contributed by atoms with E-state index < -0.39 is 12.1 Å². The highest BCUT2D eigenvalue weighted by atomic mass is 16.6. The van der Waals surface area contributed by atoms with Gasteiger partial charge in [0.05, 0.1) is 26.2 Å². The van der Waals surface area contributed by atoms with Crippen LogP contribution in [-0.2, 0) is 9.59 Å². The molecule has 0 bridgehead atoms. The van der Waals surface area contributed by atoms with Gasteiger partial charge < -0.3 is 24.6 Å². The van der Waals surface area contributed by atoms with Crippen LogP contribution in [0.3, 0.4) is 0 Å². The Morgan fingerprint density at radius 2 is 1.82 bits per heavy atom. The molecule has 28 heavy (non-hydrogen) atoms. The van der Waals surface area contributed by atoms with E-state index in [0.29, 0.717) is 37.7 Å². The van der Waals surface area contributed by atoms with Crippen LogP contribution in [-0.4, -0.2) is 74.2 Å². The number of hydrogen-bond donors (Lipinski definition) is 3. The predicted molar refractivity (Wildman–Crippen MR) is 98.2 cm³/mol. The summed E-state index contributed by atoms with van der Waals surface area (Å²) in [6.45, 7) is 2.79. The second kappa shape index (κ2) is 8.05. The Hall–Kier alpha value is -2.81. The van der Waals surface area contributed by atoms with Crippen molar-refractivity contribution in [1.82, 2.24) is 15.5 Å². The quantitative estimate of drug-likeness (QED) is 0.585. The van der Waals surface area contributed by atoms with Gasteiger partial charge in [-0.1, -0.05) is 12.1 Å². The molecule has 1 saturated carbocycles. The Bertz CT molecular complexity index is 758. The number of nitrogens with zero attached hydrogens (tertiary/aromatic N) is 1. The molecule has 4 amide bonds. The van der Waals surface area contributed by atoms with Crippen LogP contribution in [0.2, 0.25) is 0 Å². The van der Waals surface area contributed by atoms with Crippen LogP contribution < -0.4 is 25.0 Å². The molecule has 0 spiro atoms. The van der Waals surface area contributed by atoms with E-state index >= 15 is 0 Å². The molecule has 150 valence electrons. The standard InChI is InChI=1S/C19H24N4O5/c24-17(21-19(26)20-13-5-6-13)11-22-7-9-23(10-8-22)18(25)16-12-27-14-3-1-2-4-15(14)28-16/h1-4,13,16H,5-12H2,(H2,20,21,24,26)/p+1/t16-/m1/s1. The highest BCUT2D eigenvalue weighted by Crippen LogP contribution is 2.31. The highest BCUT2D eigenvalue weighted by Gasteiger charge is 2.34. The van der Waals surface area contributed by atoms with E-state index in [1.165, 1.54) is 0 Å². The maximum absolute atomic E-state index is 12.7. The molecule has 0 unspecified atom stereocenters. The maximum atomic E-state index is 12.7. The molecule has 1 saturated heterocycles. The lowest BCUT2D eigenvalue weighted by Crippen LogP contribution is -3.16. The van der Waals surface area contributed by atoms with Crippen molar-refractivity contribution in [1.29, 1.82) is 0 Å². The number of imide groups is 1. The van der Waals surface area contributed by atoms with Crippen LogP contribution in [0.25, 0.3) is 0 Å². The average Bonchev–Trinajstić information content (AvgIpc) is 3.51. The first kappa shape index (κ1) is 18.5. The minimum Gasteiger partial charge on any atom is -0.485 e. The summed E-state index contributed by atoms with van der Waals surface area (Å²) in [5.41, 5.74) is 0. The summed E-state index contributed by atoms with van der Waals surface area (Å²) >= 11 is 0. The molecule has 9 nitrogen and oxygen atoms in total. The maximum Gasteiger partial charge on any atom is 0.321 e. The molecule has 3 aliphatic rings. The van der Waals surface area contributed by atoms with Gasteiger partial charge in [-0.25, -0.2) is 4.79 Å². The number of amides is 4. The summed E-state index contributed by atoms with van der Waals surface area (Å²) in [4.78, 5) is 39.1. The third-order valence-corrected chi connectivity index (χ3v) is 5.14. The van der Waals surface area contributed by atoms with E-state index in [0.717, 1.165) is 17.7 Å². The van der Waals surface area contributed by atoms with Crippen molar-refractivity contribution < 1.29 is 28.8 Å². The number of quaternary nitrogens is 1. The van der Waals surface area contributed by atoms with Crippen molar-refractivity contribution in [3.05, 3.63) is 24.3 Å². The lowest BCUT2D eigenvalue weighted by atomic mass is 10.2. The Morgan fingerprint density at radius 1 is 1.11 bits per heavy atom. The van der Waals surface area contributed by atoms with Crippen molar-refractivity contribution in [2.75, 3.05) is 39.3 Å². The van der Waals surface area contributed by atoms with Crippen LogP contribution in [0.15, 0.2) is 24.3 Å². The smallest absolute Gasteiger partial charge is 0.321 e. The monoisotopic (exact) mass is 389 g/mol. The molecule has 4 rings (SSSR count). The number of fused-ring (bicyclic) bond motifs is 1. The highest BCUT2D eigenvalue weighted by molar-refractivity contribution is 5.94. The molecule has 3 N–H and O–H groups in total. The zero-order valence-corrected chi connectivity index (χ0v) is 15.6. The molecule has 2 heterocycles. The molecular weight excluding hydrogens is 364 g/mol. The lowest BCUT2D eigenvalue weighted by molar-refractivity contribution is -0.896. The van der Waals surface area contributed by atoms with Crippen LogP contribution >= 0.6 is 0 Å². The van der Waals surface area contributed by atoms with Gasteiger partial charge >= 0.3 is 6.03 Å². The average molecular weight is 389 g/mol. The number of carbonyl (C=O) groups is 3.